The molecule has 0 unspecified atom stereocenters. The van der Waals surface area contributed by atoms with Gasteiger partial charge < -0.3 is 0 Å². The molecule has 0 aromatic heterocycles. The van der Waals surface area contributed by atoms with Crippen LogP contribution in [0.25, 0.3) is 11.1 Å². The molecule has 0 saturated heterocycles. The van der Waals surface area contributed by atoms with Gasteiger partial charge in [0.05, 0.1) is 43.2 Å². The molecule has 0 bridgehead atoms. The molecular formula is C16H4F12N2O4. The van der Waals surface area contributed by atoms with Gasteiger partial charge in [0.2, 0.25) is 0 Å². The summed E-state index contributed by atoms with van der Waals surface area (Å²) in [5.41, 5.74) is -19.6. The summed E-state index contributed by atoms with van der Waals surface area (Å²) in [6.07, 6.45) is -23.5. The summed E-state index contributed by atoms with van der Waals surface area (Å²) in [4.78, 5) is 18.6. The van der Waals surface area contributed by atoms with E-state index in [1.807, 2.05) is 0 Å². The lowest BCUT2D eigenvalue weighted by molar-refractivity contribution is -0.386. The van der Waals surface area contributed by atoms with Gasteiger partial charge in [0, 0.05) is 12.1 Å². The summed E-state index contributed by atoms with van der Waals surface area (Å²) in [6.45, 7) is 0. The fourth-order valence-electron chi connectivity index (χ4n) is 2.84. The van der Waals surface area contributed by atoms with Gasteiger partial charge in [-0.2, -0.15) is 52.7 Å². The summed E-state index contributed by atoms with van der Waals surface area (Å²) >= 11 is 0. The van der Waals surface area contributed by atoms with Crippen molar-refractivity contribution in [2.75, 3.05) is 0 Å². The topological polar surface area (TPSA) is 86.3 Å². The highest BCUT2D eigenvalue weighted by molar-refractivity contribution is 5.87. The lowest BCUT2D eigenvalue weighted by Gasteiger charge is -2.20. The van der Waals surface area contributed by atoms with Crippen LogP contribution in [0.2, 0.25) is 0 Å². The Bertz CT molecular complexity index is 1070. The minimum atomic E-state index is -6.07. The molecule has 18 heteroatoms. The second-order valence-corrected chi connectivity index (χ2v) is 6.34. The molecule has 0 radical (unpaired) electrons. The molecule has 0 aliphatic rings. The van der Waals surface area contributed by atoms with E-state index in [1.165, 1.54) is 0 Å². The number of halogens is 12. The smallest absolute Gasteiger partial charge is 0.258 e. The summed E-state index contributed by atoms with van der Waals surface area (Å²) in [5.74, 6) is 0. The molecule has 0 aliphatic carbocycles. The Morgan fingerprint density at radius 2 is 0.765 bits per heavy atom. The molecule has 2 rings (SSSR count). The number of hydrogen-bond acceptors (Lipinski definition) is 4. The predicted octanol–water partition coefficient (Wildman–Crippen LogP) is 7.25. The monoisotopic (exact) mass is 516 g/mol. The van der Waals surface area contributed by atoms with E-state index in [0.29, 0.717) is 0 Å². The minimum Gasteiger partial charge on any atom is -0.258 e. The quantitative estimate of drug-likeness (QED) is 0.245. The third-order valence-electron chi connectivity index (χ3n) is 4.14. The molecule has 0 fully saturated rings. The molecular weight excluding hydrogens is 512 g/mol. The summed E-state index contributed by atoms with van der Waals surface area (Å²) in [6, 6.07) is -2.92. The van der Waals surface area contributed by atoms with E-state index in [-0.39, 0.29) is 0 Å². The van der Waals surface area contributed by atoms with Crippen LogP contribution in [0.3, 0.4) is 0 Å². The molecule has 6 nitrogen and oxygen atoms in total. The molecule has 0 saturated carbocycles. The predicted molar refractivity (Wildman–Crippen MR) is 85.2 cm³/mol. The van der Waals surface area contributed by atoms with Gasteiger partial charge in [0.25, 0.3) is 11.4 Å². The second kappa shape index (κ2) is 8.01. The molecule has 0 amide bonds. The van der Waals surface area contributed by atoms with Gasteiger partial charge >= 0.3 is 24.7 Å². The molecule has 0 spiro atoms. The number of rotatable bonds is 3. The third-order valence-corrected chi connectivity index (χ3v) is 4.14. The molecule has 0 N–H and O–H groups in total. The first-order valence-corrected chi connectivity index (χ1v) is 8.00. The SMILES string of the molecule is O=[N+]([O-])c1cc(C(F)(F)F)cc(C(F)(F)F)c1-c1c([N+](=O)[O-])cc(C(F)(F)F)cc1C(F)(F)F. The van der Waals surface area contributed by atoms with E-state index in [1.54, 1.807) is 0 Å². The van der Waals surface area contributed by atoms with Gasteiger partial charge in [0.1, 0.15) is 0 Å². The maximum absolute atomic E-state index is 13.6. The van der Waals surface area contributed by atoms with Crippen molar-refractivity contribution in [2.45, 2.75) is 24.7 Å². The Morgan fingerprint density at radius 1 is 0.500 bits per heavy atom. The minimum absolute atomic E-state index is 0.619. The molecule has 186 valence electrons. The average Bonchev–Trinajstić information content (AvgIpc) is 2.62. The number of nitro groups is 2. The molecule has 0 aliphatic heterocycles. The van der Waals surface area contributed by atoms with Crippen molar-refractivity contribution in [3.8, 4) is 11.1 Å². The Morgan fingerprint density at radius 3 is 0.941 bits per heavy atom. The van der Waals surface area contributed by atoms with Crippen molar-refractivity contribution in [1.29, 1.82) is 0 Å². The molecule has 0 heterocycles. The summed E-state index contributed by atoms with van der Waals surface area (Å²) in [7, 11) is 0. The van der Waals surface area contributed by atoms with Crippen molar-refractivity contribution in [1.82, 2.24) is 0 Å². The summed E-state index contributed by atoms with van der Waals surface area (Å²) in [5, 5.41) is 22.5. The lowest BCUT2D eigenvalue weighted by atomic mass is 9.89. The van der Waals surface area contributed by atoms with E-state index in [2.05, 4.69) is 0 Å². The Balaban J connectivity index is 3.30. The number of nitrogens with zero attached hydrogens (tertiary/aromatic N) is 2. The lowest BCUT2D eigenvalue weighted by Crippen LogP contribution is -2.18. The van der Waals surface area contributed by atoms with Gasteiger partial charge in [-0.05, 0) is 12.1 Å². The maximum Gasteiger partial charge on any atom is 0.417 e. The first kappa shape index (κ1) is 26.7. The number of benzene rings is 2. The zero-order chi connectivity index (χ0) is 26.6. The van der Waals surface area contributed by atoms with E-state index < -0.39 is 104 Å². The highest BCUT2D eigenvalue weighted by Gasteiger charge is 2.48. The third kappa shape index (κ3) is 5.14. The van der Waals surface area contributed by atoms with Crippen molar-refractivity contribution in [2.24, 2.45) is 0 Å². The summed E-state index contributed by atoms with van der Waals surface area (Å²) < 4.78 is 159. The fraction of sp³-hybridized carbons (Fsp3) is 0.250. The van der Waals surface area contributed by atoms with Crippen LogP contribution in [0.15, 0.2) is 24.3 Å². The van der Waals surface area contributed by atoms with Crippen molar-refractivity contribution in [3.05, 3.63) is 66.7 Å². The first-order valence-electron chi connectivity index (χ1n) is 8.00. The number of hydrogen-bond donors (Lipinski definition) is 0. The van der Waals surface area contributed by atoms with Crippen LogP contribution in [-0.4, -0.2) is 9.85 Å². The van der Waals surface area contributed by atoms with E-state index >= 15 is 0 Å². The van der Waals surface area contributed by atoms with E-state index in [4.69, 9.17) is 0 Å². The van der Waals surface area contributed by atoms with Gasteiger partial charge in [-0.1, -0.05) is 0 Å². The Kier molecular flexibility index (Phi) is 6.28. The van der Waals surface area contributed by atoms with Crippen LogP contribution >= 0.6 is 0 Å². The Hall–Kier alpha value is -3.60. The fourth-order valence-corrected chi connectivity index (χ4v) is 2.84. The van der Waals surface area contributed by atoms with Crippen LogP contribution < -0.4 is 0 Å². The molecule has 34 heavy (non-hydrogen) atoms. The first-order chi connectivity index (χ1) is 15.1. The van der Waals surface area contributed by atoms with E-state index in [9.17, 15) is 72.9 Å². The van der Waals surface area contributed by atoms with Gasteiger partial charge in [-0.25, -0.2) is 0 Å². The largest absolute Gasteiger partial charge is 0.417 e. The second-order valence-electron chi connectivity index (χ2n) is 6.34. The van der Waals surface area contributed by atoms with Crippen LogP contribution in [0.5, 0.6) is 0 Å². The highest BCUT2D eigenvalue weighted by atomic mass is 19.4. The van der Waals surface area contributed by atoms with Crippen LogP contribution in [-0.2, 0) is 24.7 Å². The van der Waals surface area contributed by atoms with Gasteiger partial charge in [0.15, 0.2) is 0 Å². The number of alkyl halides is 12. The van der Waals surface area contributed by atoms with Crippen LogP contribution in [0, 0.1) is 20.2 Å². The van der Waals surface area contributed by atoms with Crippen molar-refractivity contribution < 1.29 is 62.5 Å². The standard InChI is InChI=1S/C16H4F12N2O4/c17-13(18,19)5-1-7(15(23,24)25)11(9(3-5)29(31)32)12-8(16(26,27)28)2-6(14(20,21)22)4-10(12)30(33)34/h1-4H. The zero-order valence-electron chi connectivity index (χ0n) is 15.4. The van der Waals surface area contributed by atoms with Gasteiger partial charge in [-0.3, -0.25) is 20.2 Å². The normalized spacial score (nSPS) is 13.2. The molecule has 2 aromatic rings. The van der Waals surface area contributed by atoms with Crippen molar-refractivity contribution in [3.63, 3.8) is 0 Å². The maximum atomic E-state index is 13.6. The zero-order valence-corrected chi connectivity index (χ0v) is 15.4. The van der Waals surface area contributed by atoms with Gasteiger partial charge in [-0.15, -0.1) is 0 Å². The molecule has 0 atom stereocenters. The van der Waals surface area contributed by atoms with Crippen LogP contribution in [0.1, 0.15) is 22.3 Å². The number of nitro benzene ring substituents is 2. The average molecular weight is 516 g/mol. The Labute approximate surface area is 177 Å². The van der Waals surface area contributed by atoms with Crippen molar-refractivity contribution >= 4 is 11.4 Å². The van der Waals surface area contributed by atoms with Crippen LogP contribution in [0.4, 0.5) is 64.1 Å². The van der Waals surface area contributed by atoms with E-state index in [0.717, 1.165) is 0 Å². The highest BCUT2D eigenvalue weighted by Crippen LogP contribution is 2.52. The molecule has 2 aromatic carbocycles.